The molecule has 1 aliphatic heterocycles. The van der Waals surface area contributed by atoms with Crippen LogP contribution in [-0.4, -0.2) is 54.8 Å². The molecule has 21 heavy (non-hydrogen) atoms. The van der Waals surface area contributed by atoms with Crippen molar-refractivity contribution in [3.8, 4) is 0 Å². The standard InChI is InChI=1S/C12H13N3O6/c16-4-7-8(18)9(19)11(21-7)15-3-5-6(17)1-2-13-10(5)14-12(15)20/h1-3,7-9,11,16,18-19H,4H2,(H,13,14,20)/t7-,8?,9?,11-/m1/s1. The highest BCUT2D eigenvalue weighted by molar-refractivity contribution is 5.72. The molecule has 1 aliphatic rings. The summed E-state index contributed by atoms with van der Waals surface area (Å²) >= 11 is 0. The Bertz CT molecular complexity index is 784. The highest BCUT2D eigenvalue weighted by Gasteiger charge is 2.43. The number of pyridine rings is 1. The van der Waals surface area contributed by atoms with Crippen LogP contribution in [0.5, 0.6) is 0 Å². The van der Waals surface area contributed by atoms with Crippen molar-refractivity contribution in [1.82, 2.24) is 14.5 Å². The van der Waals surface area contributed by atoms with E-state index in [2.05, 4.69) is 9.97 Å². The van der Waals surface area contributed by atoms with Crippen LogP contribution in [0.15, 0.2) is 28.0 Å². The van der Waals surface area contributed by atoms with Gasteiger partial charge in [-0.25, -0.2) is 4.79 Å². The highest BCUT2D eigenvalue weighted by Crippen LogP contribution is 2.28. The van der Waals surface area contributed by atoms with Crippen LogP contribution in [-0.2, 0) is 4.74 Å². The van der Waals surface area contributed by atoms with Gasteiger partial charge in [-0.2, -0.15) is 4.98 Å². The second-order valence-electron chi connectivity index (χ2n) is 4.76. The molecule has 0 amide bonds. The lowest BCUT2D eigenvalue weighted by atomic mass is 10.1. The van der Waals surface area contributed by atoms with E-state index in [1.54, 1.807) is 0 Å². The highest BCUT2D eigenvalue weighted by atomic mass is 16.6. The van der Waals surface area contributed by atoms with E-state index in [0.29, 0.717) is 0 Å². The first-order chi connectivity index (χ1) is 10.0. The maximum Gasteiger partial charge on any atom is 0.351 e. The van der Waals surface area contributed by atoms with Gasteiger partial charge in [0, 0.05) is 18.5 Å². The van der Waals surface area contributed by atoms with Gasteiger partial charge in [-0.15, -0.1) is 0 Å². The summed E-state index contributed by atoms with van der Waals surface area (Å²) in [5.74, 6) is 0. The first kappa shape index (κ1) is 13.9. The molecule has 2 aromatic heterocycles. The molecule has 0 radical (unpaired) electrons. The zero-order chi connectivity index (χ0) is 15.1. The fraction of sp³-hybridized carbons (Fsp3) is 0.417. The lowest BCUT2D eigenvalue weighted by Crippen LogP contribution is -2.36. The molecule has 3 heterocycles. The average Bonchev–Trinajstić information content (AvgIpc) is 2.75. The largest absolute Gasteiger partial charge is 0.394 e. The molecule has 1 fully saturated rings. The van der Waals surface area contributed by atoms with Crippen molar-refractivity contribution >= 4 is 11.0 Å². The zero-order valence-electron chi connectivity index (χ0n) is 10.7. The van der Waals surface area contributed by atoms with Gasteiger partial charge in [-0.1, -0.05) is 0 Å². The van der Waals surface area contributed by atoms with E-state index in [1.807, 2.05) is 0 Å². The Kier molecular flexibility index (Phi) is 3.33. The quantitative estimate of drug-likeness (QED) is 0.488. The molecule has 0 bridgehead atoms. The number of aliphatic hydroxyl groups excluding tert-OH is 3. The van der Waals surface area contributed by atoms with Crippen molar-refractivity contribution in [3.63, 3.8) is 0 Å². The van der Waals surface area contributed by atoms with Crippen molar-refractivity contribution < 1.29 is 20.1 Å². The van der Waals surface area contributed by atoms with Crippen molar-refractivity contribution in [1.29, 1.82) is 0 Å². The number of aliphatic hydroxyl groups is 3. The molecule has 9 nitrogen and oxygen atoms in total. The minimum atomic E-state index is -1.41. The maximum atomic E-state index is 12.0. The second kappa shape index (κ2) is 5.04. The summed E-state index contributed by atoms with van der Waals surface area (Å²) in [6.07, 6.45) is -2.40. The Hall–Kier alpha value is -2.07. The summed E-state index contributed by atoms with van der Waals surface area (Å²) in [5.41, 5.74) is -0.980. The van der Waals surface area contributed by atoms with E-state index in [1.165, 1.54) is 18.5 Å². The topological polar surface area (TPSA) is 138 Å². The third-order valence-corrected chi connectivity index (χ3v) is 3.46. The summed E-state index contributed by atoms with van der Waals surface area (Å²) in [4.78, 5) is 30.1. The van der Waals surface area contributed by atoms with Crippen molar-refractivity contribution in [2.75, 3.05) is 6.61 Å². The molecule has 112 valence electrons. The molecule has 0 saturated carbocycles. The Morgan fingerprint density at radius 1 is 1.33 bits per heavy atom. The Morgan fingerprint density at radius 2 is 2.10 bits per heavy atom. The lowest BCUT2D eigenvalue weighted by Gasteiger charge is -2.17. The van der Waals surface area contributed by atoms with E-state index in [9.17, 15) is 19.8 Å². The Labute approximate surface area is 117 Å². The molecule has 0 aliphatic carbocycles. The van der Waals surface area contributed by atoms with Crippen LogP contribution in [0.4, 0.5) is 0 Å². The first-order valence-corrected chi connectivity index (χ1v) is 6.26. The molecule has 9 heteroatoms. The monoisotopic (exact) mass is 295 g/mol. The van der Waals surface area contributed by atoms with Gasteiger partial charge in [0.05, 0.1) is 12.0 Å². The van der Waals surface area contributed by atoms with Gasteiger partial charge in [0.1, 0.15) is 24.0 Å². The second-order valence-corrected chi connectivity index (χ2v) is 4.76. The number of fused-ring (bicyclic) bond motifs is 1. The fourth-order valence-electron chi connectivity index (χ4n) is 2.34. The van der Waals surface area contributed by atoms with Gasteiger partial charge in [0.15, 0.2) is 11.7 Å². The van der Waals surface area contributed by atoms with E-state index < -0.39 is 36.8 Å². The predicted molar refractivity (Wildman–Crippen MR) is 69.6 cm³/mol. The van der Waals surface area contributed by atoms with Crippen molar-refractivity contribution in [2.24, 2.45) is 0 Å². The molecule has 1 saturated heterocycles. The third kappa shape index (κ3) is 2.16. The van der Waals surface area contributed by atoms with Gasteiger partial charge in [0.25, 0.3) is 0 Å². The fourth-order valence-corrected chi connectivity index (χ4v) is 2.34. The van der Waals surface area contributed by atoms with Gasteiger partial charge in [-0.05, 0) is 0 Å². The van der Waals surface area contributed by atoms with Crippen LogP contribution in [0, 0.1) is 0 Å². The minimum Gasteiger partial charge on any atom is -0.394 e. The number of ether oxygens (including phenoxy) is 1. The van der Waals surface area contributed by atoms with Crippen LogP contribution in [0.2, 0.25) is 0 Å². The summed E-state index contributed by atoms with van der Waals surface area (Å²) in [5, 5.41) is 28.8. The first-order valence-electron chi connectivity index (χ1n) is 6.26. The summed E-state index contributed by atoms with van der Waals surface area (Å²) in [6.45, 7) is -0.509. The van der Waals surface area contributed by atoms with Gasteiger partial charge >= 0.3 is 5.69 Å². The normalized spacial score (nSPS) is 29.1. The van der Waals surface area contributed by atoms with Crippen LogP contribution in [0.1, 0.15) is 6.23 Å². The number of hydrogen-bond acceptors (Lipinski definition) is 7. The number of rotatable bonds is 2. The number of hydrogen-bond donors (Lipinski definition) is 4. The Morgan fingerprint density at radius 3 is 2.76 bits per heavy atom. The summed E-state index contributed by atoms with van der Waals surface area (Å²) < 4.78 is 6.18. The van der Waals surface area contributed by atoms with Gasteiger partial charge < -0.3 is 25.0 Å². The van der Waals surface area contributed by atoms with Crippen LogP contribution in [0.3, 0.4) is 0 Å². The molecule has 2 unspecified atom stereocenters. The molecule has 4 N–H and O–H groups in total. The average molecular weight is 295 g/mol. The molecule has 2 aromatic rings. The lowest BCUT2D eigenvalue weighted by molar-refractivity contribution is -0.0547. The zero-order valence-corrected chi connectivity index (χ0v) is 10.7. The SMILES string of the molecule is O=c1cc[nH]c2nc(=O)n([C@@H]3O[C@H](CO)C(O)C3O)cc12. The van der Waals surface area contributed by atoms with E-state index >= 15 is 0 Å². The molecular formula is C12H13N3O6. The summed E-state index contributed by atoms with van der Waals surface area (Å²) in [7, 11) is 0. The summed E-state index contributed by atoms with van der Waals surface area (Å²) in [6, 6.07) is 1.27. The molecule has 4 atom stereocenters. The predicted octanol–water partition coefficient (Wildman–Crippen LogP) is -2.30. The molecule has 3 rings (SSSR count). The number of aromatic nitrogens is 3. The smallest absolute Gasteiger partial charge is 0.351 e. The minimum absolute atomic E-state index is 0.121. The van der Waals surface area contributed by atoms with E-state index in [4.69, 9.17) is 9.84 Å². The van der Waals surface area contributed by atoms with E-state index in [0.717, 1.165) is 4.57 Å². The number of nitrogens with one attached hydrogen (secondary N) is 1. The maximum absolute atomic E-state index is 12.0. The number of aromatic amines is 1. The molecule has 0 aromatic carbocycles. The van der Waals surface area contributed by atoms with Gasteiger partial charge in [-0.3, -0.25) is 9.36 Å². The molecule has 0 spiro atoms. The van der Waals surface area contributed by atoms with E-state index in [-0.39, 0.29) is 16.5 Å². The Balaban J connectivity index is 2.13. The number of nitrogens with zero attached hydrogens (tertiary/aromatic N) is 2. The van der Waals surface area contributed by atoms with Crippen LogP contribution in [0.25, 0.3) is 11.0 Å². The number of H-pyrrole nitrogens is 1. The van der Waals surface area contributed by atoms with Crippen molar-refractivity contribution in [2.45, 2.75) is 24.5 Å². The van der Waals surface area contributed by atoms with Gasteiger partial charge in [0.2, 0.25) is 0 Å². The molecular weight excluding hydrogens is 282 g/mol. The third-order valence-electron chi connectivity index (χ3n) is 3.46. The van der Waals surface area contributed by atoms with Crippen LogP contribution < -0.4 is 11.1 Å². The van der Waals surface area contributed by atoms with Crippen molar-refractivity contribution in [3.05, 3.63) is 39.2 Å². The van der Waals surface area contributed by atoms with Crippen LogP contribution >= 0.6 is 0 Å².